The molecule has 47 heavy (non-hydrogen) atoms. The fourth-order valence-corrected chi connectivity index (χ4v) is 5.01. The first-order valence-electron chi connectivity index (χ1n) is 14.2. The number of amides is 3. The summed E-state index contributed by atoms with van der Waals surface area (Å²) in [6, 6.07) is 25.2. The van der Waals surface area contributed by atoms with Crippen LogP contribution in [0.4, 0.5) is 11.4 Å². The lowest BCUT2D eigenvalue weighted by Gasteiger charge is -2.15. The summed E-state index contributed by atoms with van der Waals surface area (Å²) in [5, 5.41) is 8.24. The number of esters is 1. The Morgan fingerprint density at radius 2 is 1.36 bits per heavy atom. The molecule has 0 radical (unpaired) electrons. The summed E-state index contributed by atoms with van der Waals surface area (Å²) in [5.41, 5.74) is 1.84. The van der Waals surface area contributed by atoms with Crippen molar-refractivity contribution in [1.29, 1.82) is 0 Å². The van der Waals surface area contributed by atoms with Gasteiger partial charge in [0.25, 0.3) is 11.8 Å². The van der Waals surface area contributed by atoms with Gasteiger partial charge in [-0.2, -0.15) is 0 Å². The van der Waals surface area contributed by atoms with Gasteiger partial charge >= 0.3 is 5.97 Å². The van der Waals surface area contributed by atoms with Gasteiger partial charge in [0.05, 0.1) is 45.4 Å². The number of hydrogen-bond donors (Lipinski definition) is 3. The number of carbonyl (C=O) groups excluding carboxylic acids is 4. The van der Waals surface area contributed by atoms with Crippen molar-refractivity contribution in [3.8, 4) is 17.2 Å². The van der Waals surface area contributed by atoms with Gasteiger partial charge in [0.2, 0.25) is 5.91 Å². The minimum atomic E-state index is -0.588. The Hall–Kier alpha value is -5.75. The highest BCUT2D eigenvalue weighted by Crippen LogP contribution is 2.35. The van der Waals surface area contributed by atoms with Crippen molar-refractivity contribution in [3.05, 3.63) is 113 Å². The molecule has 0 aliphatic carbocycles. The van der Waals surface area contributed by atoms with E-state index in [1.54, 1.807) is 91.0 Å². The summed E-state index contributed by atoms with van der Waals surface area (Å²) >= 11 is 1.27. The van der Waals surface area contributed by atoms with Gasteiger partial charge in [-0.3, -0.25) is 14.4 Å². The van der Waals surface area contributed by atoms with E-state index in [-0.39, 0.29) is 22.9 Å². The molecular weight excluding hydrogens is 622 g/mol. The van der Waals surface area contributed by atoms with E-state index in [1.165, 1.54) is 46.3 Å². The predicted octanol–water partition coefficient (Wildman–Crippen LogP) is 5.64. The third kappa shape index (κ3) is 9.14. The molecule has 0 atom stereocenters. The normalized spacial score (nSPS) is 10.8. The highest BCUT2D eigenvalue weighted by molar-refractivity contribution is 8.00. The van der Waals surface area contributed by atoms with Gasteiger partial charge in [-0.25, -0.2) is 4.79 Å². The van der Waals surface area contributed by atoms with Gasteiger partial charge in [0, 0.05) is 27.8 Å². The molecule has 0 aliphatic rings. The van der Waals surface area contributed by atoms with Gasteiger partial charge < -0.3 is 34.9 Å². The number of methoxy groups -OCH3 is 4. The highest BCUT2D eigenvalue weighted by atomic mass is 32.2. The van der Waals surface area contributed by atoms with E-state index in [0.29, 0.717) is 39.8 Å². The molecule has 3 N–H and O–H groups in total. The largest absolute Gasteiger partial charge is 0.496 e. The zero-order chi connectivity index (χ0) is 33.8. The molecule has 0 aliphatic heterocycles. The molecule has 3 amide bonds. The van der Waals surface area contributed by atoms with E-state index in [9.17, 15) is 19.2 Å². The monoisotopic (exact) mass is 655 g/mol. The van der Waals surface area contributed by atoms with Crippen LogP contribution in [-0.2, 0) is 14.3 Å². The molecular formula is C35H33N3O8S. The van der Waals surface area contributed by atoms with Crippen molar-refractivity contribution < 1.29 is 38.1 Å². The summed E-state index contributed by atoms with van der Waals surface area (Å²) in [5.74, 6) is -0.621. The van der Waals surface area contributed by atoms with Gasteiger partial charge in [-0.05, 0) is 60.7 Å². The summed E-state index contributed by atoms with van der Waals surface area (Å²) in [6.45, 7) is 0. The number of anilines is 2. The van der Waals surface area contributed by atoms with Crippen molar-refractivity contribution >= 4 is 52.9 Å². The Labute approximate surface area is 276 Å². The summed E-state index contributed by atoms with van der Waals surface area (Å²) in [6.07, 6.45) is 1.48. The lowest BCUT2D eigenvalue weighted by molar-refractivity contribution is -0.114. The minimum Gasteiger partial charge on any atom is -0.496 e. The van der Waals surface area contributed by atoms with Crippen molar-refractivity contribution in [2.45, 2.75) is 4.90 Å². The fourth-order valence-electron chi connectivity index (χ4n) is 4.31. The third-order valence-electron chi connectivity index (χ3n) is 6.65. The lowest BCUT2D eigenvalue weighted by atomic mass is 10.1. The number of carbonyl (C=O) groups is 4. The number of para-hydroxylation sites is 1. The van der Waals surface area contributed by atoms with Crippen LogP contribution in [0.5, 0.6) is 17.2 Å². The number of thioether (sulfide) groups is 1. The van der Waals surface area contributed by atoms with Gasteiger partial charge in [-0.1, -0.05) is 30.3 Å². The second kappa shape index (κ2) is 16.5. The van der Waals surface area contributed by atoms with Crippen LogP contribution < -0.4 is 30.2 Å². The highest BCUT2D eigenvalue weighted by Gasteiger charge is 2.18. The number of ether oxygens (including phenoxy) is 4. The molecule has 0 aromatic heterocycles. The molecule has 0 saturated heterocycles. The first kappa shape index (κ1) is 34.1. The van der Waals surface area contributed by atoms with Crippen LogP contribution in [0.15, 0.2) is 102 Å². The van der Waals surface area contributed by atoms with Crippen LogP contribution in [0.2, 0.25) is 0 Å². The van der Waals surface area contributed by atoms with E-state index < -0.39 is 17.8 Å². The van der Waals surface area contributed by atoms with Crippen LogP contribution in [0.25, 0.3) is 6.08 Å². The van der Waals surface area contributed by atoms with Crippen LogP contribution in [0, 0.1) is 0 Å². The number of rotatable bonds is 13. The minimum absolute atomic E-state index is 0.0493. The van der Waals surface area contributed by atoms with Gasteiger partial charge in [-0.15, -0.1) is 11.8 Å². The fraction of sp³-hybridized carbons (Fsp3) is 0.143. The van der Waals surface area contributed by atoms with E-state index in [2.05, 4.69) is 16.0 Å². The Morgan fingerprint density at radius 1 is 0.723 bits per heavy atom. The number of nitrogens with one attached hydrogen (secondary N) is 3. The van der Waals surface area contributed by atoms with E-state index >= 15 is 0 Å². The van der Waals surface area contributed by atoms with Gasteiger partial charge in [0.1, 0.15) is 11.4 Å². The third-order valence-corrected chi connectivity index (χ3v) is 7.67. The van der Waals surface area contributed by atoms with Crippen LogP contribution in [0.3, 0.4) is 0 Å². The Kier molecular flexibility index (Phi) is 12.0. The zero-order valence-corrected chi connectivity index (χ0v) is 26.9. The van der Waals surface area contributed by atoms with Crippen molar-refractivity contribution in [1.82, 2.24) is 5.32 Å². The summed E-state index contributed by atoms with van der Waals surface area (Å²) in [4.78, 5) is 52.0. The van der Waals surface area contributed by atoms with Crippen molar-refractivity contribution in [2.24, 2.45) is 0 Å². The average Bonchev–Trinajstić information content (AvgIpc) is 3.10. The van der Waals surface area contributed by atoms with Crippen molar-refractivity contribution in [2.75, 3.05) is 44.8 Å². The molecule has 0 heterocycles. The maximum Gasteiger partial charge on any atom is 0.339 e. The molecule has 0 spiro atoms. The second-order valence-electron chi connectivity index (χ2n) is 9.68. The Balaban J connectivity index is 1.49. The topological polar surface area (TPSA) is 141 Å². The maximum atomic E-state index is 13.5. The van der Waals surface area contributed by atoms with Crippen LogP contribution in [-0.4, -0.2) is 57.9 Å². The molecule has 12 heteroatoms. The Morgan fingerprint density at radius 3 is 2.02 bits per heavy atom. The lowest BCUT2D eigenvalue weighted by Crippen LogP contribution is -2.30. The molecule has 0 bridgehead atoms. The second-order valence-corrected chi connectivity index (χ2v) is 10.7. The van der Waals surface area contributed by atoms with E-state index in [0.717, 1.165) is 4.90 Å². The molecule has 0 saturated carbocycles. The standard InChI is InChI=1S/C35H33N3O8S/c1-43-29-20-31(45-3)30(44-2)19-23(29)18-28(38-33(40)22-10-6-5-7-11-22)34(41)36-24-14-16-25(17-15-24)47-21-32(39)37-27-13-9-8-12-26(27)35(42)46-4/h5-20H,21H2,1-4H3,(H,36,41)(H,37,39)(H,38,40)/b28-18-. The quantitative estimate of drug-likeness (QED) is 0.0948. The molecule has 0 fully saturated rings. The smallest absolute Gasteiger partial charge is 0.339 e. The van der Waals surface area contributed by atoms with Gasteiger partial charge in [0.15, 0.2) is 11.5 Å². The number of benzene rings is 4. The SMILES string of the molecule is COC(=O)c1ccccc1NC(=O)CSc1ccc(NC(=O)/C(=C/c2cc(OC)c(OC)cc2OC)NC(=O)c2ccccc2)cc1. The first-order chi connectivity index (χ1) is 22.8. The Bertz CT molecular complexity index is 1780. The molecule has 242 valence electrons. The number of hydrogen-bond acceptors (Lipinski definition) is 9. The predicted molar refractivity (Wildman–Crippen MR) is 180 cm³/mol. The summed E-state index contributed by atoms with van der Waals surface area (Å²) < 4.78 is 21.1. The molecule has 4 rings (SSSR count). The van der Waals surface area contributed by atoms with Crippen LogP contribution >= 0.6 is 11.8 Å². The maximum absolute atomic E-state index is 13.5. The summed E-state index contributed by atoms with van der Waals surface area (Å²) in [7, 11) is 5.74. The first-order valence-corrected chi connectivity index (χ1v) is 15.1. The average molecular weight is 656 g/mol. The zero-order valence-electron chi connectivity index (χ0n) is 26.1. The van der Waals surface area contributed by atoms with E-state index in [4.69, 9.17) is 18.9 Å². The molecule has 0 unspecified atom stereocenters. The molecule has 4 aromatic rings. The molecule has 11 nitrogen and oxygen atoms in total. The molecule has 4 aromatic carbocycles. The van der Waals surface area contributed by atoms with E-state index in [1.807, 2.05) is 0 Å². The van der Waals surface area contributed by atoms with Crippen LogP contribution in [0.1, 0.15) is 26.3 Å². The van der Waals surface area contributed by atoms with Crippen molar-refractivity contribution in [3.63, 3.8) is 0 Å².